The number of aliphatic hydroxyl groups excluding tert-OH is 1. The molecule has 2 N–H and O–H groups in total. The Balaban J connectivity index is 2.21. The Kier molecular flexibility index (Phi) is 4.67. The SMILES string of the molecule is CC[C@H](O)c1ccc(Sc2n[nH]c(=O)n2C(C)C)cc1. The molecule has 0 aliphatic heterocycles. The quantitative estimate of drug-likeness (QED) is 0.889. The Morgan fingerprint density at radius 1 is 1.35 bits per heavy atom. The molecule has 0 aliphatic carbocycles. The summed E-state index contributed by atoms with van der Waals surface area (Å²) >= 11 is 1.43. The van der Waals surface area contributed by atoms with Crippen molar-refractivity contribution in [3.8, 4) is 0 Å². The van der Waals surface area contributed by atoms with Crippen LogP contribution in [-0.2, 0) is 0 Å². The fourth-order valence-corrected chi connectivity index (χ4v) is 2.88. The summed E-state index contributed by atoms with van der Waals surface area (Å²) < 4.78 is 1.62. The second kappa shape index (κ2) is 6.28. The summed E-state index contributed by atoms with van der Waals surface area (Å²) in [5.41, 5.74) is 0.709. The van der Waals surface area contributed by atoms with Crippen molar-refractivity contribution in [3.63, 3.8) is 0 Å². The Morgan fingerprint density at radius 2 is 2.00 bits per heavy atom. The number of hydrogen-bond donors (Lipinski definition) is 2. The van der Waals surface area contributed by atoms with Crippen LogP contribution in [0.1, 0.15) is 44.9 Å². The van der Waals surface area contributed by atoms with Gasteiger partial charge in [0.2, 0.25) is 0 Å². The van der Waals surface area contributed by atoms with Gasteiger partial charge in [0.1, 0.15) is 0 Å². The number of nitrogens with zero attached hydrogens (tertiary/aromatic N) is 2. The van der Waals surface area contributed by atoms with Crippen LogP contribution in [0.5, 0.6) is 0 Å². The summed E-state index contributed by atoms with van der Waals surface area (Å²) in [6, 6.07) is 7.73. The third kappa shape index (κ3) is 3.13. The average molecular weight is 293 g/mol. The van der Waals surface area contributed by atoms with E-state index >= 15 is 0 Å². The van der Waals surface area contributed by atoms with E-state index in [0.717, 1.165) is 10.5 Å². The number of hydrogen-bond acceptors (Lipinski definition) is 4. The van der Waals surface area contributed by atoms with Crippen LogP contribution in [0.3, 0.4) is 0 Å². The highest BCUT2D eigenvalue weighted by atomic mass is 32.2. The van der Waals surface area contributed by atoms with Gasteiger partial charge in [-0.25, -0.2) is 9.89 Å². The van der Waals surface area contributed by atoms with Crippen LogP contribution < -0.4 is 5.69 Å². The van der Waals surface area contributed by atoms with Gasteiger partial charge in [-0.3, -0.25) is 4.57 Å². The van der Waals surface area contributed by atoms with E-state index in [2.05, 4.69) is 10.2 Å². The molecule has 0 radical (unpaired) electrons. The van der Waals surface area contributed by atoms with Crippen LogP contribution >= 0.6 is 11.8 Å². The van der Waals surface area contributed by atoms with Gasteiger partial charge < -0.3 is 5.11 Å². The molecule has 2 rings (SSSR count). The normalized spacial score (nSPS) is 12.8. The molecule has 0 bridgehead atoms. The van der Waals surface area contributed by atoms with E-state index in [4.69, 9.17) is 0 Å². The highest BCUT2D eigenvalue weighted by molar-refractivity contribution is 7.99. The molecule has 1 aromatic heterocycles. The lowest BCUT2D eigenvalue weighted by Gasteiger charge is -2.10. The highest BCUT2D eigenvalue weighted by Crippen LogP contribution is 2.28. The zero-order valence-electron chi connectivity index (χ0n) is 11.8. The Labute approximate surface area is 122 Å². The van der Waals surface area contributed by atoms with Crippen LogP contribution in [-0.4, -0.2) is 19.9 Å². The van der Waals surface area contributed by atoms with Crippen molar-refractivity contribution in [1.82, 2.24) is 14.8 Å². The second-order valence-corrected chi connectivity index (χ2v) is 5.91. The van der Waals surface area contributed by atoms with Crippen LogP contribution in [0.25, 0.3) is 0 Å². The van der Waals surface area contributed by atoms with Gasteiger partial charge in [0.15, 0.2) is 5.16 Å². The molecule has 0 spiro atoms. The molecular weight excluding hydrogens is 274 g/mol. The second-order valence-electron chi connectivity index (χ2n) is 4.87. The third-order valence-electron chi connectivity index (χ3n) is 3.05. The van der Waals surface area contributed by atoms with Crippen LogP contribution in [0.15, 0.2) is 39.1 Å². The fraction of sp³-hybridized carbons (Fsp3) is 0.429. The highest BCUT2D eigenvalue weighted by Gasteiger charge is 2.13. The van der Waals surface area contributed by atoms with Gasteiger partial charge in [0, 0.05) is 10.9 Å². The van der Waals surface area contributed by atoms with Crippen LogP contribution in [0.2, 0.25) is 0 Å². The van der Waals surface area contributed by atoms with Gasteiger partial charge >= 0.3 is 5.69 Å². The molecule has 108 valence electrons. The minimum absolute atomic E-state index is 0.0601. The number of aromatic amines is 1. The molecule has 20 heavy (non-hydrogen) atoms. The van der Waals surface area contributed by atoms with Gasteiger partial charge in [0.05, 0.1) is 6.10 Å². The zero-order valence-corrected chi connectivity index (χ0v) is 12.6. The van der Waals surface area contributed by atoms with Gasteiger partial charge in [-0.2, -0.15) is 0 Å². The number of nitrogens with one attached hydrogen (secondary N) is 1. The molecule has 0 amide bonds. The Hall–Kier alpha value is -1.53. The first-order valence-corrected chi connectivity index (χ1v) is 7.47. The average Bonchev–Trinajstić information content (AvgIpc) is 2.79. The van der Waals surface area contributed by atoms with Crippen molar-refractivity contribution in [3.05, 3.63) is 40.3 Å². The zero-order chi connectivity index (χ0) is 14.7. The minimum Gasteiger partial charge on any atom is -0.388 e. The fourth-order valence-electron chi connectivity index (χ4n) is 1.92. The van der Waals surface area contributed by atoms with Crippen molar-refractivity contribution in [2.24, 2.45) is 0 Å². The maximum absolute atomic E-state index is 11.7. The first-order valence-electron chi connectivity index (χ1n) is 6.65. The molecule has 0 fully saturated rings. The third-order valence-corrected chi connectivity index (χ3v) is 4.03. The van der Waals surface area contributed by atoms with E-state index in [0.29, 0.717) is 11.6 Å². The van der Waals surface area contributed by atoms with Gasteiger partial charge in [-0.1, -0.05) is 19.1 Å². The predicted octanol–water partition coefficient (Wildman–Crippen LogP) is 2.75. The van der Waals surface area contributed by atoms with E-state index in [1.807, 2.05) is 45.0 Å². The Bertz CT molecular complexity index is 616. The predicted molar refractivity (Wildman–Crippen MR) is 79.0 cm³/mol. The molecule has 0 saturated carbocycles. The van der Waals surface area contributed by atoms with Gasteiger partial charge in [0.25, 0.3) is 0 Å². The summed E-state index contributed by atoms with van der Waals surface area (Å²) in [6.45, 7) is 5.84. The van der Waals surface area contributed by atoms with Crippen LogP contribution in [0.4, 0.5) is 0 Å². The Morgan fingerprint density at radius 3 is 2.55 bits per heavy atom. The number of H-pyrrole nitrogens is 1. The van der Waals surface area contributed by atoms with Crippen molar-refractivity contribution < 1.29 is 5.11 Å². The van der Waals surface area contributed by atoms with E-state index in [-0.39, 0.29) is 11.7 Å². The van der Waals surface area contributed by atoms with E-state index < -0.39 is 6.10 Å². The molecule has 0 unspecified atom stereocenters. The van der Waals surface area contributed by atoms with Crippen molar-refractivity contribution in [1.29, 1.82) is 0 Å². The lowest BCUT2D eigenvalue weighted by molar-refractivity contribution is 0.173. The summed E-state index contributed by atoms with van der Waals surface area (Å²) in [6.07, 6.45) is 0.270. The van der Waals surface area contributed by atoms with Crippen molar-refractivity contribution >= 4 is 11.8 Å². The maximum Gasteiger partial charge on any atom is 0.344 e. The molecule has 6 heteroatoms. The van der Waals surface area contributed by atoms with E-state index in [9.17, 15) is 9.90 Å². The molecular formula is C14H19N3O2S. The summed E-state index contributed by atoms with van der Waals surface area (Å²) in [7, 11) is 0. The molecule has 2 aromatic rings. The number of benzene rings is 1. The number of aliphatic hydroxyl groups is 1. The molecule has 1 atom stereocenters. The lowest BCUT2D eigenvalue weighted by atomic mass is 10.1. The van der Waals surface area contributed by atoms with Crippen molar-refractivity contribution in [2.45, 2.75) is 49.4 Å². The first kappa shape index (κ1) is 14.9. The standard InChI is InChI=1S/C14H19N3O2S/c1-4-12(18)10-5-7-11(8-6-10)20-14-16-15-13(19)17(14)9(2)3/h5-9,12,18H,4H2,1-3H3,(H,15,19)/t12-/m0/s1. The summed E-state index contributed by atoms with van der Waals surface area (Å²) in [5, 5.41) is 16.9. The smallest absolute Gasteiger partial charge is 0.344 e. The number of rotatable bonds is 5. The topological polar surface area (TPSA) is 70.9 Å². The largest absolute Gasteiger partial charge is 0.388 e. The summed E-state index contributed by atoms with van der Waals surface area (Å²) in [4.78, 5) is 12.6. The summed E-state index contributed by atoms with van der Waals surface area (Å²) in [5.74, 6) is 0. The van der Waals surface area contributed by atoms with Gasteiger partial charge in [-0.05, 0) is 49.7 Å². The molecule has 5 nitrogen and oxygen atoms in total. The molecule has 0 saturated heterocycles. The molecule has 0 aliphatic rings. The van der Waals surface area contributed by atoms with E-state index in [1.165, 1.54) is 11.8 Å². The number of aromatic nitrogens is 3. The van der Waals surface area contributed by atoms with Crippen LogP contribution in [0, 0.1) is 0 Å². The molecule has 1 aromatic carbocycles. The van der Waals surface area contributed by atoms with Gasteiger partial charge in [-0.15, -0.1) is 5.10 Å². The van der Waals surface area contributed by atoms with E-state index in [1.54, 1.807) is 4.57 Å². The first-order chi connectivity index (χ1) is 9.52. The minimum atomic E-state index is -0.423. The monoisotopic (exact) mass is 293 g/mol. The van der Waals surface area contributed by atoms with Crippen molar-refractivity contribution in [2.75, 3.05) is 0 Å². The molecule has 1 heterocycles. The lowest BCUT2D eigenvalue weighted by Crippen LogP contribution is -2.19. The maximum atomic E-state index is 11.7.